The number of carboxylic acid groups (broad SMARTS) is 2. The third-order valence-corrected chi connectivity index (χ3v) is 20.2. The number of hydrogen-bond acceptors (Lipinski definition) is 24. The number of aliphatic hydroxyl groups excluding tert-OH is 2. The van der Waals surface area contributed by atoms with E-state index in [0.29, 0.717) is 46.5 Å². The Labute approximate surface area is 578 Å². The van der Waals surface area contributed by atoms with Crippen LogP contribution < -0.4 is 79.8 Å². The molecule has 16 atom stereocenters. The molecule has 4 saturated heterocycles. The van der Waals surface area contributed by atoms with E-state index >= 15 is 0 Å². The van der Waals surface area contributed by atoms with Crippen molar-refractivity contribution in [2.24, 2.45) is 5.92 Å². The Morgan fingerprint density at radius 2 is 1.12 bits per heavy atom. The average molecular weight is 1460 g/mol. The topological polar surface area (TPSA) is 555 Å². The van der Waals surface area contributed by atoms with E-state index in [4.69, 9.17) is 0 Å². The molecule has 4 fully saturated rings. The quantitative estimate of drug-likeness (QED) is 0.0540. The Morgan fingerprint density at radius 3 is 1.69 bits per heavy atom. The first kappa shape index (κ1) is 82.2. The molecule has 4 aliphatic rings. The van der Waals surface area contributed by atoms with Crippen molar-refractivity contribution in [3.8, 4) is 5.75 Å². The summed E-state index contributed by atoms with van der Waals surface area (Å²) < 4.78 is 0. The second-order valence-electron chi connectivity index (χ2n) is 23.4. The third kappa shape index (κ3) is 27.3. The van der Waals surface area contributed by atoms with E-state index in [1.807, 2.05) is 0 Å². The van der Waals surface area contributed by atoms with Crippen molar-refractivity contribution in [3.63, 3.8) is 0 Å². The van der Waals surface area contributed by atoms with Gasteiger partial charge in [-0.15, -0.1) is 0 Å². The Kier molecular flexibility index (Phi) is 34.1. The number of aliphatic hydroxyl groups is 2. The summed E-state index contributed by atoms with van der Waals surface area (Å²) in [6.45, 7) is 7.91. The van der Waals surface area contributed by atoms with Crippen LogP contribution in [0.1, 0.15) is 86.1 Å². The van der Waals surface area contributed by atoms with Crippen LogP contribution in [-0.4, -0.2) is 254 Å². The highest BCUT2D eigenvalue weighted by molar-refractivity contribution is 8.77. The van der Waals surface area contributed by atoms with E-state index in [1.54, 1.807) is 6.92 Å². The Bertz CT molecular complexity index is 3060. The highest BCUT2D eigenvalue weighted by atomic mass is 33.1. The molecule has 544 valence electrons. The predicted molar refractivity (Wildman–Crippen MR) is 356 cm³/mol. The summed E-state index contributed by atoms with van der Waals surface area (Å²) in [7, 11) is 2.96. The summed E-state index contributed by atoms with van der Waals surface area (Å²) in [5, 5.41) is 88.1. The van der Waals surface area contributed by atoms with Gasteiger partial charge in [0.15, 0.2) is 0 Å². The van der Waals surface area contributed by atoms with Crippen molar-refractivity contribution in [2.45, 2.75) is 178 Å². The number of rotatable bonds is 16. The van der Waals surface area contributed by atoms with E-state index in [1.165, 1.54) is 52.0 Å². The van der Waals surface area contributed by atoms with Crippen molar-refractivity contribution < 1.29 is 102 Å². The van der Waals surface area contributed by atoms with Crippen molar-refractivity contribution >= 4 is 138 Å². The zero-order valence-corrected chi connectivity index (χ0v) is 57.9. The molecule has 0 saturated carbocycles. The van der Waals surface area contributed by atoms with Gasteiger partial charge in [0, 0.05) is 35.9 Å². The van der Waals surface area contributed by atoms with E-state index in [-0.39, 0.29) is 18.6 Å². The third-order valence-electron chi connectivity index (χ3n) is 15.3. The normalized spacial score (nSPS) is 27.6. The summed E-state index contributed by atoms with van der Waals surface area (Å²) in [5.41, 5.74) is 0.383. The van der Waals surface area contributed by atoms with Crippen molar-refractivity contribution in [1.29, 1.82) is 0 Å². The van der Waals surface area contributed by atoms with Gasteiger partial charge < -0.3 is 105 Å². The second-order valence-corrected chi connectivity index (χ2v) is 28.5. The number of amides is 14. The number of nitrogens with one attached hydrogen (secondary N) is 15. The van der Waals surface area contributed by atoms with Gasteiger partial charge >= 0.3 is 11.9 Å². The molecule has 4 heterocycles. The molecule has 0 radical (unpaired) electrons. The Balaban J connectivity index is 1.92. The van der Waals surface area contributed by atoms with Crippen molar-refractivity contribution in [3.05, 3.63) is 29.8 Å². The lowest BCUT2D eigenvalue weighted by Crippen LogP contribution is -2.62. The molecular weight excluding hydrogens is 1370 g/mol. The number of fused-ring (bicyclic) bond motifs is 37. The molecule has 1 aromatic carbocycles. The van der Waals surface area contributed by atoms with Crippen LogP contribution in [0.15, 0.2) is 24.3 Å². The molecule has 5 rings (SSSR count). The fourth-order valence-electron chi connectivity index (χ4n) is 9.32. The number of aliphatic carboxylic acids is 2. The fraction of sp³-hybridized carbons (Fsp3) is 0.621. The zero-order valence-electron chi connectivity index (χ0n) is 54.6. The molecule has 0 aliphatic carbocycles. The van der Waals surface area contributed by atoms with Gasteiger partial charge in [-0.25, -0.2) is 4.79 Å². The monoisotopic (exact) mass is 1460 g/mol. The van der Waals surface area contributed by atoms with Crippen LogP contribution in [0.2, 0.25) is 0 Å². The number of aromatic hydroxyl groups is 1. The summed E-state index contributed by atoms with van der Waals surface area (Å²) in [6, 6.07) is -15.5. The molecule has 2 bridgehead atoms. The van der Waals surface area contributed by atoms with Gasteiger partial charge in [-0.3, -0.25) is 71.9 Å². The predicted octanol–water partition coefficient (Wildman–Crippen LogP) is -6.66. The van der Waals surface area contributed by atoms with Gasteiger partial charge in [0.25, 0.3) is 0 Å². The van der Waals surface area contributed by atoms with Gasteiger partial charge in [0.05, 0.1) is 31.3 Å². The number of hydrogen-bond donors (Lipinski definition) is 20. The van der Waals surface area contributed by atoms with Gasteiger partial charge in [0.2, 0.25) is 82.7 Å². The van der Waals surface area contributed by atoms with E-state index in [2.05, 4.69) is 79.8 Å². The summed E-state index contributed by atoms with van der Waals surface area (Å²) in [5.74, 6) is -20.8. The van der Waals surface area contributed by atoms with E-state index in [9.17, 15) is 102 Å². The molecule has 4 aliphatic heterocycles. The molecular formula is C58H87N15O21S4. The number of phenols is 1. The first-order valence-corrected chi connectivity index (χ1v) is 36.2. The Hall–Kier alpha value is -8.18. The van der Waals surface area contributed by atoms with Crippen LogP contribution in [0.3, 0.4) is 0 Å². The average Bonchev–Trinajstić information content (AvgIpc) is 0.958. The summed E-state index contributed by atoms with van der Waals surface area (Å²) >= 11 is 0. The minimum Gasteiger partial charge on any atom is -0.508 e. The second kappa shape index (κ2) is 40.6. The molecule has 40 heteroatoms. The minimum atomic E-state index is -1.91. The zero-order chi connectivity index (χ0) is 73.1. The molecule has 20 N–H and O–H groups in total. The maximum atomic E-state index is 14.7. The minimum absolute atomic E-state index is 0.137. The molecule has 0 spiro atoms. The number of carbonyl (C=O) groups excluding carboxylic acids is 14. The molecule has 36 nitrogen and oxygen atoms in total. The molecule has 1 aromatic rings. The highest BCUT2D eigenvalue weighted by Gasteiger charge is 2.39. The Morgan fingerprint density at radius 1 is 0.592 bits per heavy atom. The fourth-order valence-corrected chi connectivity index (χ4v) is 14.0. The molecule has 14 amide bonds. The maximum Gasteiger partial charge on any atom is 0.327 e. The van der Waals surface area contributed by atoms with Crippen molar-refractivity contribution in [2.75, 3.05) is 42.6 Å². The summed E-state index contributed by atoms with van der Waals surface area (Å²) in [6.07, 6.45) is -3.87. The van der Waals surface area contributed by atoms with E-state index < -0.39 is 240 Å². The lowest BCUT2D eigenvalue weighted by atomic mass is 9.97. The lowest BCUT2D eigenvalue weighted by molar-refractivity contribution is -0.141. The summed E-state index contributed by atoms with van der Waals surface area (Å²) in [4.78, 5) is 220. The first-order valence-electron chi connectivity index (χ1n) is 31.2. The van der Waals surface area contributed by atoms with Crippen LogP contribution in [0.25, 0.3) is 0 Å². The maximum absolute atomic E-state index is 14.7. The van der Waals surface area contributed by atoms with Gasteiger partial charge in [0.1, 0.15) is 78.3 Å². The number of benzene rings is 1. The van der Waals surface area contributed by atoms with Crippen LogP contribution >= 0.6 is 43.2 Å². The largest absolute Gasteiger partial charge is 0.508 e. The first-order chi connectivity index (χ1) is 46.2. The molecule has 1 unspecified atom stereocenters. The van der Waals surface area contributed by atoms with Gasteiger partial charge in [-0.05, 0) is 84.0 Å². The van der Waals surface area contributed by atoms with E-state index in [0.717, 1.165) is 35.4 Å². The molecule has 0 aromatic heterocycles. The SMILES string of the molecule is CC[C@H](C)[C@@H]1NC(=O)[C@H](CCC(=O)O)NC(=O)[C@@H](NC(=O)[C@@H](NC(=O)CNC(=O)[C@@H]2CCCN2)[C@@H](C)O)CSSC[C@@H]2NC(=O)[C@H](C)NC(=O)[C@H](C)NC(=O)[C@H](Cc3ccc(O)cc3)NC(=O)[C@H](C)NC(=O)C(CSSC[C@@H](C(=O)O)NC(=O)CNC(=O)[C@H]([C@@H](C)O)NC2=O)NC1=O. The van der Waals surface area contributed by atoms with Crippen LogP contribution in [-0.2, 0) is 83.1 Å². The standard InChI is InChI=1S/C58H87N15O21S4/c1-8-25(2)43-56(91)69-36-21-97-98-24-39(58(93)94)65-40(77)19-61-55(90)44(29(6)74)73-54(89)38(68-48(83)27(4)62-46(81)26(3)63-51(86)35(18-31-11-13-32(76)14-12-31)67-47(82)28(5)64-52(36)87)23-96-95-22-37(53(88)66-34(50(85)72-43)15-16-42(79)80)70-57(92)45(30(7)75)71-41(78)20-60-49(84)33-10-9-17-59-33/h11-14,25-30,33-39,43-45,59,74-76H,8-10,15-24H2,1-7H3,(H,60,84)(H,61,90)(H,62,81)(H,63,86)(H,64,87)(H,65,77)(H,66,88)(H,67,82)(H,68,83)(H,69,91)(H,70,92)(H,71,78)(H,72,85)(H,73,89)(H,79,80)(H,93,94)/t25-,26-,27-,28-,29+,30+,33-,34-,35-,36?,37-,38-,39-,43-,44-,45-/m0/s1. The number of carbonyl (C=O) groups is 16. The molecule has 98 heavy (non-hydrogen) atoms. The smallest absolute Gasteiger partial charge is 0.327 e. The van der Waals surface area contributed by atoms with Crippen LogP contribution in [0, 0.1) is 5.92 Å². The number of phenolic OH excluding ortho intramolecular Hbond substituents is 1. The van der Waals surface area contributed by atoms with Crippen molar-refractivity contribution in [1.82, 2.24) is 79.8 Å². The van der Waals surface area contributed by atoms with Crippen LogP contribution in [0.5, 0.6) is 5.75 Å². The van der Waals surface area contributed by atoms with Crippen LogP contribution in [0.4, 0.5) is 0 Å². The highest BCUT2D eigenvalue weighted by Crippen LogP contribution is 2.26. The van der Waals surface area contributed by atoms with Gasteiger partial charge in [-0.2, -0.15) is 0 Å². The van der Waals surface area contributed by atoms with Gasteiger partial charge in [-0.1, -0.05) is 75.6 Å². The lowest BCUT2D eigenvalue weighted by Gasteiger charge is -2.29. The number of carboxylic acids is 2.